The van der Waals surface area contributed by atoms with Crippen LogP contribution in [0.4, 0.5) is 0 Å². The van der Waals surface area contributed by atoms with Gasteiger partial charge >= 0.3 is 11.4 Å². The maximum atomic E-state index is 13.4. The number of ether oxygens (including phenoxy) is 2. The van der Waals surface area contributed by atoms with Gasteiger partial charge in [-0.25, -0.2) is 0 Å². The molecule has 5 aliphatic rings. The molecule has 2 N–H and O–H groups in total. The summed E-state index contributed by atoms with van der Waals surface area (Å²) in [5, 5.41) is 0. The fraction of sp³-hybridized carbons (Fsp3) is 0.500. The fourth-order valence-corrected chi connectivity index (χ4v) is 8.93. The van der Waals surface area contributed by atoms with Gasteiger partial charge < -0.3 is 15.2 Å². The first-order chi connectivity index (χ1) is 18.5. The molecule has 2 saturated carbocycles. The van der Waals surface area contributed by atoms with Crippen LogP contribution >= 0.6 is 0 Å². The Balaban J connectivity index is 1.16. The van der Waals surface area contributed by atoms with Gasteiger partial charge in [0, 0.05) is 23.9 Å². The first-order valence-corrected chi connectivity index (χ1v) is 14.6. The lowest BCUT2D eigenvalue weighted by Crippen LogP contribution is -2.74. The highest BCUT2D eigenvalue weighted by Gasteiger charge is 2.75. The van der Waals surface area contributed by atoms with Crippen molar-refractivity contribution >= 4 is 17.1 Å². The number of fused-ring (bicyclic) bond motifs is 1. The van der Waals surface area contributed by atoms with Crippen molar-refractivity contribution in [1.29, 1.82) is 0 Å². The molecule has 38 heavy (non-hydrogen) atoms. The summed E-state index contributed by atoms with van der Waals surface area (Å²) >= 11 is -1.99. The van der Waals surface area contributed by atoms with Crippen LogP contribution in [0.1, 0.15) is 54.4 Å². The van der Waals surface area contributed by atoms with E-state index in [0.29, 0.717) is 50.2 Å². The molecule has 0 saturated heterocycles. The fourth-order valence-electron chi connectivity index (χ4n) is 8.06. The molecule has 4 aliphatic carbocycles. The maximum Gasteiger partial charge on any atom is 0.305 e. The summed E-state index contributed by atoms with van der Waals surface area (Å²) in [5.74, 6) is 1.21. The third kappa shape index (κ3) is 3.36. The standard InChI is InChI=1S/C30H33NO6S/c1-34-25-9-8-21-17-22-23(31)10-13-29-26(21)27(25)36-28(29)24(32)11-14-30(22,29)37-38(33)35-15-12-18-6-7-19-4-2-3-5-20(19)16-18/h2-6,8-9,22-23,28H,7,10-17,31H2,1H3. The van der Waals surface area contributed by atoms with Crippen molar-refractivity contribution in [3.63, 3.8) is 0 Å². The van der Waals surface area contributed by atoms with Crippen molar-refractivity contribution in [3.05, 3.63) is 70.3 Å². The average Bonchev–Trinajstić information content (AvgIpc) is 3.28. The number of ketones is 1. The lowest BCUT2D eigenvalue weighted by Gasteiger charge is -2.62. The number of hydrogen-bond donors (Lipinski definition) is 1. The summed E-state index contributed by atoms with van der Waals surface area (Å²) < 4.78 is 37.8. The Kier molecular flexibility index (Phi) is 5.82. The van der Waals surface area contributed by atoms with Crippen molar-refractivity contribution in [2.24, 2.45) is 11.7 Å². The van der Waals surface area contributed by atoms with Gasteiger partial charge in [-0.1, -0.05) is 42.0 Å². The van der Waals surface area contributed by atoms with Crippen LogP contribution in [0.15, 0.2) is 48.0 Å². The van der Waals surface area contributed by atoms with Crippen LogP contribution in [-0.4, -0.2) is 41.5 Å². The lowest BCUT2D eigenvalue weighted by atomic mass is 9.45. The van der Waals surface area contributed by atoms with E-state index in [1.165, 1.54) is 16.7 Å². The molecule has 2 aromatic carbocycles. The molecule has 0 radical (unpaired) electrons. The van der Waals surface area contributed by atoms with Gasteiger partial charge in [-0.15, -0.1) is 0 Å². The Morgan fingerprint density at radius 1 is 1.13 bits per heavy atom. The number of carbonyl (C=O) groups is 1. The third-order valence-corrected chi connectivity index (χ3v) is 10.5. The molecule has 7 rings (SSSR count). The summed E-state index contributed by atoms with van der Waals surface area (Å²) in [4.78, 5) is 13.3. The van der Waals surface area contributed by atoms with E-state index in [1.807, 2.05) is 6.07 Å². The highest BCUT2D eigenvalue weighted by Crippen LogP contribution is 2.68. The molecule has 2 fully saturated rings. The molecule has 1 heterocycles. The van der Waals surface area contributed by atoms with Crippen molar-refractivity contribution < 1.29 is 26.8 Å². The number of rotatable bonds is 7. The molecule has 0 aromatic heterocycles. The van der Waals surface area contributed by atoms with Crippen LogP contribution in [0, 0.1) is 5.92 Å². The monoisotopic (exact) mass is 535 g/mol. The van der Waals surface area contributed by atoms with E-state index in [4.69, 9.17) is 23.6 Å². The molecule has 1 aliphatic heterocycles. The molecule has 8 heteroatoms. The highest BCUT2D eigenvalue weighted by atomic mass is 32.2. The van der Waals surface area contributed by atoms with Crippen molar-refractivity contribution in [1.82, 2.24) is 0 Å². The molecule has 0 amide bonds. The predicted octanol–water partition coefficient (Wildman–Crippen LogP) is 3.82. The van der Waals surface area contributed by atoms with E-state index >= 15 is 0 Å². The van der Waals surface area contributed by atoms with Gasteiger partial charge in [0.05, 0.1) is 19.1 Å². The molecule has 200 valence electrons. The SMILES string of the molecule is COc1ccc2c3c1OC1C(=O)CCC4(OS(=O)OCCC5=CCc6ccccc6C5)C(C2)C(N)CCC314. The van der Waals surface area contributed by atoms with Gasteiger partial charge in [0.25, 0.3) is 0 Å². The average molecular weight is 536 g/mol. The zero-order chi connectivity index (χ0) is 26.1. The number of carbonyl (C=O) groups excluding carboxylic acids is 1. The molecule has 2 bridgehead atoms. The summed E-state index contributed by atoms with van der Waals surface area (Å²) in [6.45, 7) is 0.301. The quantitative estimate of drug-likeness (QED) is 0.539. The van der Waals surface area contributed by atoms with Gasteiger partial charge in [0.15, 0.2) is 23.4 Å². The molecular weight excluding hydrogens is 502 g/mol. The van der Waals surface area contributed by atoms with E-state index in [9.17, 15) is 9.00 Å². The largest absolute Gasteiger partial charge is 0.493 e. The van der Waals surface area contributed by atoms with E-state index in [0.717, 1.165) is 30.4 Å². The third-order valence-electron chi connectivity index (χ3n) is 9.74. The van der Waals surface area contributed by atoms with Crippen LogP contribution < -0.4 is 15.2 Å². The number of benzene rings is 2. The van der Waals surface area contributed by atoms with Crippen LogP contribution in [-0.2, 0) is 49.2 Å². The second-order valence-corrected chi connectivity index (χ2v) is 12.2. The van der Waals surface area contributed by atoms with Crippen LogP contribution in [0.3, 0.4) is 0 Å². The molecule has 6 unspecified atom stereocenters. The van der Waals surface area contributed by atoms with Crippen molar-refractivity contribution in [2.45, 2.75) is 74.5 Å². The molecule has 1 spiro atoms. The Labute approximate surface area is 225 Å². The normalized spacial score (nSPS) is 33.1. The molecule has 7 nitrogen and oxygen atoms in total. The summed E-state index contributed by atoms with van der Waals surface area (Å²) in [6.07, 6.45) is 6.87. The smallest absolute Gasteiger partial charge is 0.305 e. The zero-order valence-corrected chi connectivity index (χ0v) is 22.4. The Hall–Kier alpha value is -2.52. The summed E-state index contributed by atoms with van der Waals surface area (Å²) in [7, 11) is 1.61. The summed E-state index contributed by atoms with van der Waals surface area (Å²) in [6, 6.07) is 12.3. The van der Waals surface area contributed by atoms with Crippen molar-refractivity contribution in [3.8, 4) is 11.5 Å². The molecular formula is C30H33NO6S. The Bertz CT molecular complexity index is 1370. The predicted molar refractivity (Wildman–Crippen MR) is 142 cm³/mol. The first kappa shape index (κ1) is 24.5. The number of hydrogen-bond acceptors (Lipinski definition) is 7. The maximum absolute atomic E-state index is 13.4. The van der Waals surface area contributed by atoms with Crippen LogP contribution in [0.5, 0.6) is 11.5 Å². The molecule has 2 aromatic rings. The van der Waals surface area contributed by atoms with Gasteiger partial charge in [0.2, 0.25) is 0 Å². The highest BCUT2D eigenvalue weighted by molar-refractivity contribution is 7.75. The van der Waals surface area contributed by atoms with E-state index < -0.39 is 28.5 Å². The van der Waals surface area contributed by atoms with E-state index in [1.54, 1.807) is 7.11 Å². The van der Waals surface area contributed by atoms with Crippen molar-refractivity contribution in [2.75, 3.05) is 13.7 Å². The van der Waals surface area contributed by atoms with Gasteiger partial charge in [-0.2, -0.15) is 4.21 Å². The van der Waals surface area contributed by atoms with Gasteiger partial charge in [-0.3, -0.25) is 13.2 Å². The number of allylic oxidation sites excluding steroid dienone is 1. The lowest BCUT2D eigenvalue weighted by molar-refractivity contribution is -0.169. The Morgan fingerprint density at radius 3 is 2.82 bits per heavy atom. The second-order valence-electron chi connectivity index (χ2n) is 11.3. The zero-order valence-electron chi connectivity index (χ0n) is 21.6. The number of Topliss-reactive ketones (excluding diaryl/α,β-unsaturated/α-hetero) is 1. The number of methoxy groups -OCH3 is 1. The van der Waals surface area contributed by atoms with Crippen LogP contribution in [0.25, 0.3) is 0 Å². The van der Waals surface area contributed by atoms with E-state index in [2.05, 4.69) is 36.4 Å². The molecule has 6 atom stereocenters. The minimum atomic E-state index is -1.99. The minimum absolute atomic E-state index is 0.0563. The second kappa shape index (κ2) is 9.01. The van der Waals surface area contributed by atoms with Gasteiger partial charge in [-0.05, 0) is 67.7 Å². The minimum Gasteiger partial charge on any atom is -0.493 e. The van der Waals surface area contributed by atoms with Crippen LogP contribution in [0.2, 0.25) is 0 Å². The number of nitrogens with two attached hydrogens (primary N) is 1. The van der Waals surface area contributed by atoms with E-state index in [-0.39, 0.29) is 17.7 Å². The first-order valence-electron chi connectivity index (χ1n) is 13.6. The summed E-state index contributed by atoms with van der Waals surface area (Å²) in [5.41, 5.74) is 11.2. The topological polar surface area (TPSA) is 97.1 Å². The Morgan fingerprint density at radius 2 is 1.97 bits per heavy atom. The van der Waals surface area contributed by atoms with Gasteiger partial charge in [0.1, 0.15) is 5.60 Å².